The monoisotopic (exact) mass is 1250 g/mol. The van der Waals surface area contributed by atoms with Crippen LogP contribution in [0.1, 0.15) is 135 Å². The molecular weight excluding hydrogens is 1150 g/mol. The maximum absolute atomic E-state index is 14.7. The van der Waals surface area contributed by atoms with E-state index in [1.54, 1.807) is 52.2 Å². The van der Waals surface area contributed by atoms with Crippen molar-refractivity contribution >= 4 is 90.5 Å². The molecule has 0 saturated heterocycles. The first-order valence-corrected chi connectivity index (χ1v) is 32.9. The van der Waals surface area contributed by atoms with Gasteiger partial charge in [0.15, 0.2) is 11.6 Å². The first-order valence-electron chi connectivity index (χ1n) is 30.4. The second kappa shape index (κ2) is 30.5. The van der Waals surface area contributed by atoms with E-state index in [4.69, 9.17) is 0 Å². The fourth-order valence-electron chi connectivity index (χ4n) is 12.0. The minimum absolute atomic E-state index is 0.0288. The molecule has 2 aromatic carbocycles. The number of hydrogen-bond donors (Lipinski definition) is 6. The first kappa shape index (κ1) is 74.2. The van der Waals surface area contributed by atoms with Crippen molar-refractivity contribution in [1.29, 1.82) is 0 Å². The van der Waals surface area contributed by atoms with Crippen LogP contribution in [0.15, 0.2) is 84.1 Å². The lowest BCUT2D eigenvalue weighted by molar-refractivity contribution is -0.143. The molecule has 6 N–H and O–H groups in total. The summed E-state index contributed by atoms with van der Waals surface area (Å²) in [5, 5.41) is 34.7. The van der Waals surface area contributed by atoms with Gasteiger partial charge in [-0.05, 0) is 85.3 Å². The van der Waals surface area contributed by atoms with Crippen molar-refractivity contribution < 1.29 is 48.6 Å². The molecule has 0 unspecified atom stereocenters. The molecule has 0 bridgehead atoms. The number of carboxylic acids is 2. The molecule has 0 aliphatic rings. The van der Waals surface area contributed by atoms with Crippen molar-refractivity contribution in [3.8, 4) is 0 Å². The normalized spacial score (nSPS) is 15.7. The number of amides is 4. The smallest absolute Gasteiger partial charge is 0.327 e. The van der Waals surface area contributed by atoms with Gasteiger partial charge in [-0.15, -0.1) is 0 Å². The fourth-order valence-corrected chi connectivity index (χ4v) is 14.4. The second-order valence-electron chi connectivity index (χ2n) is 27.8. The van der Waals surface area contributed by atoms with E-state index in [0.29, 0.717) is 0 Å². The van der Waals surface area contributed by atoms with E-state index in [2.05, 4.69) is 31.9 Å². The van der Waals surface area contributed by atoms with Crippen LogP contribution in [0, 0.1) is 34.5 Å². The molecule has 8 atom stereocenters. The van der Waals surface area contributed by atoms with Crippen molar-refractivity contribution in [2.24, 2.45) is 48.6 Å². The number of carbonyl (C=O) groups is 8. The Hall–Kier alpha value is -6.22. The summed E-state index contributed by atoms with van der Waals surface area (Å²) < 4.78 is 4.14. The third-order valence-corrected chi connectivity index (χ3v) is 20.0. The summed E-state index contributed by atoms with van der Waals surface area (Å²) in [7, 11) is 12.8. The maximum Gasteiger partial charge on any atom is 0.327 e. The first-order chi connectivity index (χ1) is 40.7. The summed E-state index contributed by atoms with van der Waals surface area (Å²) in [6, 6.07) is 13.2. The maximum atomic E-state index is 14.7. The molecule has 4 amide bonds. The Morgan fingerprint density at radius 2 is 1.15 bits per heavy atom. The highest BCUT2D eigenvalue weighted by molar-refractivity contribution is 8.76. The number of benzene rings is 2. The number of carboxylic acid groups (broad SMARTS) is 2. The van der Waals surface area contributed by atoms with Crippen molar-refractivity contribution in [3.63, 3.8) is 0 Å². The average Bonchev–Trinajstić information content (AvgIpc) is 2.72. The molecule has 20 heteroatoms. The molecule has 0 fully saturated rings. The number of allylic oxidation sites excluding steroid dienone is 1. The highest BCUT2D eigenvalue weighted by Crippen LogP contribution is 2.38. The van der Waals surface area contributed by atoms with Gasteiger partial charge in [0.05, 0.1) is 30.1 Å². The molecule has 0 aliphatic heterocycles. The third-order valence-electron chi connectivity index (χ3n) is 17.5. The van der Waals surface area contributed by atoms with Crippen LogP contribution in [0.5, 0.6) is 0 Å². The number of aromatic nitrogens is 2. The Labute approximate surface area is 531 Å². The van der Waals surface area contributed by atoms with Gasteiger partial charge in [0.1, 0.15) is 12.1 Å². The van der Waals surface area contributed by atoms with Crippen LogP contribution in [0.3, 0.4) is 0 Å². The van der Waals surface area contributed by atoms with E-state index in [9.17, 15) is 48.6 Å². The molecule has 0 spiro atoms. The number of likely N-dealkylation sites (N-methyl/N-ethyl adjacent to an activating group) is 4. The van der Waals surface area contributed by atoms with Gasteiger partial charge < -0.3 is 50.4 Å². The number of nitrogens with one attached hydrogen (secondary N) is 4. The van der Waals surface area contributed by atoms with Gasteiger partial charge in [-0.1, -0.05) is 167 Å². The van der Waals surface area contributed by atoms with Crippen LogP contribution in [0.4, 0.5) is 0 Å². The number of hydrogen-bond acceptors (Lipinski definition) is 12. The van der Waals surface area contributed by atoms with Gasteiger partial charge in [-0.2, -0.15) is 0 Å². The lowest BCUT2D eigenvalue weighted by atomic mass is 9.72. The predicted molar refractivity (Wildman–Crippen MR) is 357 cm³/mol. The molecule has 486 valence electrons. The van der Waals surface area contributed by atoms with E-state index < -0.39 is 93.4 Å². The number of para-hydroxylation sites is 2. The fraction of sp³-hybridized carbons (Fsp3) is 0.588. The second-order valence-corrected chi connectivity index (χ2v) is 30.3. The zero-order valence-corrected chi connectivity index (χ0v) is 57.9. The summed E-state index contributed by atoms with van der Waals surface area (Å²) in [5.74, 6) is -7.17. The molecule has 0 saturated carbocycles. The lowest BCUT2D eigenvalue weighted by Gasteiger charge is -2.39. The Morgan fingerprint density at radius 1 is 0.625 bits per heavy atom. The number of fused-ring (bicyclic) bond motifs is 2. The van der Waals surface area contributed by atoms with Gasteiger partial charge in [-0.3, -0.25) is 33.6 Å². The minimum Gasteiger partial charge on any atom is -0.481 e. The van der Waals surface area contributed by atoms with E-state index in [-0.39, 0.29) is 70.8 Å². The highest BCUT2D eigenvalue weighted by Gasteiger charge is 2.45. The Balaban J connectivity index is 1.41. The minimum atomic E-state index is -1.38. The number of rotatable bonds is 31. The van der Waals surface area contributed by atoms with Crippen LogP contribution >= 0.6 is 21.6 Å². The Bertz CT molecular complexity index is 3230. The van der Waals surface area contributed by atoms with Gasteiger partial charge in [-0.25, -0.2) is 4.79 Å². The quantitative estimate of drug-likeness (QED) is 0.0156. The number of aryl methyl sites for hydroxylation is 2. The predicted octanol–water partition coefficient (Wildman–Crippen LogP) is 9.72. The van der Waals surface area contributed by atoms with Gasteiger partial charge in [0.25, 0.3) is 0 Å². The number of nitrogens with zero attached hydrogens (tertiary/aromatic N) is 4. The summed E-state index contributed by atoms with van der Waals surface area (Å²) >= 11 is 0. The molecule has 4 aromatic rings. The average molecular weight is 1260 g/mol. The molecule has 0 radical (unpaired) electrons. The molecule has 2 aromatic heterocycles. The van der Waals surface area contributed by atoms with E-state index in [1.807, 2.05) is 170 Å². The Morgan fingerprint density at radius 3 is 1.66 bits per heavy atom. The van der Waals surface area contributed by atoms with E-state index in [1.165, 1.54) is 11.8 Å². The van der Waals surface area contributed by atoms with Crippen LogP contribution < -0.4 is 21.3 Å². The number of aliphatic carboxylic acids is 2. The van der Waals surface area contributed by atoms with E-state index >= 15 is 0 Å². The lowest BCUT2D eigenvalue weighted by Crippen LogP contribution is -2.61. The summed E-state index contributed by atoms with van der Waals surface area (Å²) in [6.45, 7) is 30.2. The molecule has 88 heavy (non-hydrogen) atoms. The Kier molecular flexibility index (Phi) is 25.8. The van der Waals surface area contributed by atoms with Crippen molar-refractivity contribution in [2.75, 3.05) is 39.7 Å². The standard InChI is InChI=1S/C68H102N8O10S2/c1-39(2)51(75(21)61(81)46(65(7,8)9)35-54(78)56(69-17)68(15,16)55-34-43-27-23-25-29-49(43)74(55)20)31-41(5)53(77)33-44(63(83)84)37-87-88-38-48(64(85)86)71-59(79)42(6)32-52(40(3)4)76(22)62(82)58(66(10,11)12)72-60(80)57(70-18)67(13,14)47-36-73(19)50-30-26-24-28-45(47)50/h23-32,34,36,39-40,44,46,48,51-52,56-58,69-70H,33,35,37-38H2,1-22H3,(H,71,79)(H,72,80)(H,83,84)(H,85,86)/b41-31+,42-32+/t44-,46+,48-,51+,52+,56+,57+,58+/m0/s1. The molecule has 2 heterocycles. The van der Waals surface area contributed by atoms with Crippen LogP contribution in [-0.2, 0) is 63.3 Å². The van der Waals surface area contributed by atoms with Gasteiger partial charge in [0, 0.05) is 103 Å². The number of ketones is 2. The number of Topliss-reactive ketones (excluding diaryl/α,β-unsaturated/α-hetero) is 2. The summed E-state index contributed by atoms with van der Waals surface area (Å²) in [4.78, 5) is 114. The van der Waals surface area contributed by atoms with Crippen molar-refractivity contribution in [3.05, 3.63) is 95.3 Å². The molecule has 4 rings (SSSR count). The SMILES string of the molecule is CN[C@H](C(=O)N[C@H](C(=O)N(C)[C@H](/C=C(\C)C(=O)N[C@@H](CSSC[C@H](CC(=O)/C(C)=C/[C@H](C(C)C)N(C)C(=O)[C@@H](CC(=O)[C@@H](NC)C(C)(C)c1cc2ccccc2n1C)C(C)(C)C)C(=O)O)C(=O)O)C(C)C)C(C)(C)C)C(C)(C)c1cn(C)c2ccccc12. The van der Waals surface area contributed by atoms with Crippen LogP contribution in [-0.4, -0.2) is 152 Å². The zero-order valence-electron chi connectivity index (χ0n) is 56.3. The largest absolute Gasteiger partial charge is 0.481 e. The van der Waals surface area contributed by atoms with Gasteiger partial charge >= 0.3 is 11.9 Å². The van der Waals surface area contributed by atoms with Crippen LogP contribution in [0.25, 0.3) is 21.8 Å². The molecule has 0 aliphatic carbocycles. The molecular formula is C68H102N8O10S2. The third kappa shape index (κ3) is 17.8. The van der Waals surface area contributed by atoms with Crippen LogP contribution in [0.2, 0.25) is 0 Å². The topological polar surface area (TPSA) is 241 Å². The van der Waals surface area contributed by atoms with E-state index in [0.717, 1.165) is 54.7 Å². The van der Waals surface area contributed by atoms with Crippen molar-refractivity contribution in [2.45, 2.75) is 171 Å². The number of carbonyl (C=O) groups excluding carboxylic acids is 6. The van der Waals surface area contributed by atoms with Gasteiger partial charge in [0.2, 0.25) is 23.6 Å². The zero-order chi connectivity index (χ0) is 66.9. The summed E-state index contributed by atoms with van der Waals surface area (Å²) in [6.07, 6.45) is 4.96. The van der Waals surface area contributed by atoms with Crippen molar-refractivity contribution in [1.82, 2.24) is 40.2 Å². The highest BCUT2D eigenvalue weighted by atomic mass is 33.1. The molecule has 18 nitrogen and oxygen atoms in total. The summed E-state index contributed by atoms with van der Waals surface area (Å²) in [5.41, 5.74) is 1.74.